The van der Waals surface area contributed by atoms with Crippen LogP contribution in [0.1, 0.15) is 52.7 Å². The van der Waals surface area contributed by atoms with Crippen molar-refractivity contribution in [1.29, 1.82) is 0 Å². The summed E-state index contributed by atoms with van der Waals surface area (Å²) in [4.78, 5) is 0. The van der Waals surface area contributed by atoms with E-state index in [1.54, 1.807) is 0 Å². The summed E-state index contributed by atoms with van der Waals surface area (Å²) >= 11 is 5.97. The third-order valence-electron chi connectivity index (χ3n) is 10.1. The number of hydrogen-bond donors (Lipinski definition) is 0. The number of hydrogen-bond acceptors (Lipinski definition) is 3. The highest BCUT2D eigenvalue weighted by Crippen LogP contribution is 2.51. The Morgan fingerprint density at radius 2 is 1.00 bits per heavy atom. The monoisotopic (exact) mass is 650 g/mol. The second kappa shape index (κ2) is 11.1. The van der Waals surface area contributed by atoms with E-state index in [1.165, 1.54) is 108 Å². The van der Waals surface area contributed by atoms with Gasteiger partial charge in [0.05, 0.1) is 33.4 Å². The fraction of sp³-hybridized carbons (Fsp3) is 0.316. The number of rotatable bonds is 6. The molecule has 0 saturated carbocycles. The minimum absolute atomic E-state index is 0.894. The van der Waals surface area contributed by atoms with Crippen molar-refractivity contribution in [2.45, 2.75) is 59.7 Å². The van der Waals surface area contributed by atoms with Crippen molar-refractivity contribution in [2.75, 3.05) is 17.3 Å². The van der Waals surface area contributed by atoms with E-state index in [0.717, 1.165) is 0 Å². The van der Waals surface area contributed by atoms with Gasteiger partial charge in [-0.3, -0.25) is 0 Å². The molecule has 0 saturated heterocycles. The second-order valence-electron chi connectivity index (χ2n) is 11.6. The van der Waals surface area contributed by atoms with Crippen LogP contribution in [0.5, 0.6) is 0 Å². The predicted octanol–water partition coefficient (Wildman–Crippen LogP) is 10.4. The van der Waals surface area contributed by atoms with Gasteiger partial charge >= 0.3 is 0 Å². The zero-order valence-electron chi connectivity index (χ0n) is 26.0. The van der Waals surface area contributed by atoms with Crippen molar-refractivity contribution < 1.29 is 0 Å². The molecule has 0 aliphatic heterocycles. The van der Waals surface area contributed by atoms with Gasteiger partial charge < -0.3 is 0 Å². The zero-order valence-corrected chi connectivity index (χ0v) is 30.3. The average Bonchev–Trinajstić information content (AvgIpc) is 3.82. The molecule has 0 N–H and O–H groups in total. The van der Waals surface area contributed by atoms with Crippen molar-refractivity contribution in [1.82, 2.24) is 0 Å². The van der Waals surface area contributed by atoms with Gasteiger partial charge in [0.1, 0.15) is 8.07 Å². The number of fused-ring (bicyclic) bond motifs is 11. The van der Waals surface area contributed by atoms with E-state index in [1.807, 2.05) is 34.0 Å². The van der Waals surface area contributed by atoms with E-state index in [2.05, 4.69) is 113 Å². The SMILES string of the molecule is CC[Si](C#CC1=c2sc3c(sc4c5c(sc43)=C(C#CS(CC)(CC)CC)c3ccccc3-5)c2-c2ccccc21)(CC)CC. The van der Waals surface area contributed by atoms with Gasteiger partial charge in [0.25, 0.3) is 0 Å². The highest BCUT2D eigenvalue weighted by atomic mass is 32.3. The van der Waals surface area contributed by atoms with E-state index >= 15 is 0 Å². The largest absolute Gasteiger partial charge is 0.178 e. The molecule has 5 aromatic rings. The number of thiophene rings is 3. The van der Waals surface area contributed by atoms with Crippen LogP contribution in [0.15, 0.2) is 48.5 Å². The summed E-state index contributed by atoms with van der Waals surface area (Å²) in [6, 6.07) is 21.7. The molecule has 0 unspecified atom stereocenters. The lowest BCUT2D eigenvalue weighted by atomic mass is 10.0. The summed E-state index contributed by atoms with van der Waals surface area (Å²) in [5, 5.41) is 3.86. The van der Waals surface area contributed by atoms with Crippen LogP contribution in [0.4, 0.5) is 0 Å². The minimum atomic E-state index is -1.55. The third kappa shape index (κ3) is 4.31. The molecule has 218 valence electrons. The van der Waals surface area contributed by atoms with Crippen LogP contribution in [-0.4, -0.2) is 25.3 Å². The van der Waals surface area contributed by atoms with Crippen molar-refractivity contribution >= 4 is 82.1 Å². The molecular formula is C38H38S4Si. The average molecular weight is 651 g/mol. The molecule has 0 radical (unpaired) electrons. The fourth-order valence-electron chi connectivity index (χ4n) is 6.80. The Hall–Kier alpha value is -2.51. The summed E-state index contributed by atoms with van der Waals surface area (Å²) in [5.41, 5.74) is 14.7. The first-order chi connectivity index (χ1) is 21.0. The van der Waals surface area contributed by atoms with Crippen LogP contribution in [-0.2, 0) is 0 Å². The van der Waals surface area contributed by atoms with Gasteiger partial charge in [-0.05, 0) is 62.9 Å². The predicted molar refractivity (Wildman–Crippen MR) is 202 cm³/mol. The molecule has 2 aromatic carbocycles. The lowest BCUT2D eigenvalue weighted by Crippen LogP contribution is -2.29. The molecule has 0 nitrogen and oxygen atoms in total. The van der Waals surface area contributed by atoms with Crippen LogP contribution in [0.25, 0.3) is 52.2 Å². The summed E-state index contributed by atoms with van der Waals surface area (Å²) < 4.78 is 8.56. The summed E-state index contributed by atoms with van der Waals surface area (Å²) in [5.74, 6) is 11.1. The quantitative estimate of drug-likeness (QED) is 0.127. The lowest BCUT2D eigenvalue weighted by molar-refractivity contribution is 1.20. The van der Waals surface area contributed by atoms with E-state index in [4.69, 9.17) is 0 Å². The van der Waals surface area contributed by atoms with Gasteiger partial charge in [-0.15, -0.1) is 39.6 Å². The Labute approximate surface area is 270 Å². The Balaban J connectivity index is 1.50. The maximum atomic E-state index is 3.92. The smallest absolute Gasteiger partial charge is 0.138 e. The van der Waals surface area contributed by atoms with E-state index in [9.17, 15) is 0 Å². The van der Waals surface area contributed by atoms with Crippen molar-refractivity contribution in [2.24, 2.45) is 0 Å². The normalized spacial score (nSPS) is 13.8. The van der Waals surface area contributed by atoms with Crippen molar-refractivity contribution in [3.05, 3.63) is 68.7 Å². The van der Waals surface area contributed by atoms with Gasteiger partial charge in [0.15, 0.2) is 0 Å². The standard InChI is InChI=1S/C38H38S4Si/c1-7-42(8-2,9-3)23-21-29-25-17-13-15-19-27(25)31-33(29)39-37-35(31)41-36-32-28-20-16-14-18-26(28)30(34(32)40-38(36)37)22-24-43(10-4,11-5)12-6/h13-20H,7-12H2,1-6H3. The maximum absolute atomic E-state index is 3.92. The lowest BCUT2D eigenvalue weighted by Gasteiger charge is -2.30. The van der Waals surface area contributed by atoms with Gasteiger partial charge in [-0.25, -0.2) is 0 Å². The van der Waals surface area contributed by atoms with Crippen molar-refractivity contribution in [3.63, 3.8) is 0 Å². The van der Waals surface area contributed by atoms with E-state index in [-0.39, 0.29) is 0 Å². The van der Waals surface area contributed by atoms with Gasteiger partial charge in [0, 0.05) is 16.7 Å². The van der Waals surface area contributed by atoms with Crippen LogP contribution < -0.4 is 9.06 Å². The molecule has 2 aliphatic carbocycles. The van der Waals surface area contributed by atoms with Crippen LogP contribution in [0.2, 0.25) is 18.1 Å². The van der Waals surface area contributed by atoms with Gasteiger partial charge in [0.2, 0.25) is 0 Å². The molecule has 0 amide bonds. The Kier molecular flexibility index (Phi) is 7.56. The maximum Gasteiger partial charge on any atom is 0.138 e. The first kappa shape index (κ1) is 29.2. The topological polar surface area (TPSA) is 0 Å². The molecule has 0 atom stereocenters. The molecule has 0 spiro atoms. The third-order valence-corrected chi connectivity index (χ3v) is 22.7. The molecule has 5 heteroatoms. The fourth-order valence-corrected chi connectivity index (χ4v) is 15.8. The molecule has 3 heterocycles. The molecule has 2 aliphatic rings. The zero-order chi connectivity index (χ0) is 29.9. The van der Waals surface area contributed by atoms with Gasteiger partial charge in [-0.1, -0.05) is 102 Å². The Morgan fingerprint density at radius 1 is 0.558 bits per heavy atom. The summed E-state index contributed by atoms with van der Waals surface area (Å²) in [6.07, 6.45) is 0. The molecule has 0 bridgehead atoms. The first-order valence-electron chi connectivity index (χ1n) is 15.8. The van der Waals surface area contributed by atoms with Crippen LogP contribution >= 0.6 is 44.0 Å². The second-order valence-corrected chi connectivity index (χ2v) is 23.6. The highest BCUT2D eigenvalue weighted by molar-refractivity contribution is 8.37. The van der Waals surface area contributed by atoms with E-state index in [0.29, 0.717) is 0 Å². The van der Waals surface area contributed by atoms with Crippen molar-refractivity contribution in [3.8, 4) is 44.9 Å². The molecular weight excluding hydrogens is 613 g/mol. The van der Waals surface area contributed by atoms with Crippen LogP contribution in [0.3, 0.4) is 0 Å². The first-order valence-corrected chi connectivity index (χ1v) is 23.0. The minimum Gasteiger partial charge on any atom is -0.178 e. The molecule has 0 fully saturated rings. The Morgan fingerprint density at radius 3 is 1.44 bits per heavy atom. The van der Waals surface area contributed by atoms with Gasteiger partial charge in [-0.2, -0.15) is 10.0 Å². The summed E-state index contributed by atoms with van der Waals surface area (Å²) in [6.45, 7) is 14.0. The molecule has 43 heavy (non-hydrogen) atoms. The summed E-state index contributed by atoms with van der Waals surface area (Å²) in [7, 11) is -2.45. The molecule has 7 rings (SSSR count). The molecule has 3 aromatic heterocycles. The number of benzene rings is 2. The Bertz CT molecular complexity index is 2000. The van der Waals surface area contributed by atoms with E-state index < -0.39 is 18.1 Å². The highest BCUT2D eigenvalue weighted by Gasteiger charge is 2.31. The van der Waals surface area contributed by atoms with Crippen LogP contribution in [0, 0.1) is 22.6 Å².